The van der Waals surface area contributed by atoms with Crippen molar-refractivity contribution < 1.29 is 9.53 Å². The molecular weight excluding hydrogens is 240 g/mol. The predicted octanol–water partition coefficient (Wildman–Crippen LogP) is 3.23. The molecule has 0 aromatic heterocycles. The highest BCUT2D eigenvalue weighted by molar-refractivity contribution is 5.68. The molecule has 4 nitrogen and oxygen atoms in total. The Hall–Kier alpha value is -1.24. The Bertz CT molecular complexity index is 381. The summed E-state index contributed by atoms with van der Waals surface area (Å²) in [5.41, 5.74) is -0.444. The van der Waals surface area contributed by atoms with Crippen molar-refractivity contribution in [3.8, 4) is 6.07 Å². The molecule has 0 aromatic carbocycles. The summed E-state index contributed by atoms with van der Waals surface area (Å²) >= 11 is 0. The van der Waals surface area contributed by atoms with Crippen LogP contribution in [0.5, 0.6) is 0 Å². The fourth-order valence-corrected chi connectivity index (χ4v) is 3.51. The Labute approximate surface area is 115 Å². The van der Waals surface area contributed by atoms with E-state index in [0.29, 0.717) is 11.8 Å². The molecule has 2 aliphatic carbocycles. The zero-order valence-corrected chi connectivity index (χ0v) is 12.1. The van der Waals surface area contributed by atoms with Gasteiger partial charge in [0.2, 0.25) is 0 Å². The van der Waals surface area contributed by atoms with E-state index in [2.05, 4.69) is 11.4 Å². The quantitative estimate of drug-likeness (QED) is 0.791. The molecule has 2 rings (SSSR count). The Morgan fingerprint density at radius 1 is 1.26 bits per heavy atom. The maximum Gasteiger partial charge on any atom is 0.407 e. The maximum absolute atomic E-state index is 11.8. The lowest BCUT2D eigenvalue weighted by Crippen LogP contribution is -2.42. The molecule has 0 spiro atoms. The standard InChI is InChI=1S/C15H24N2O2/c1-15(2,3)19-14(18)17-13-7-5-11-8-10(9-16)4-6-12(11)13/h10-13H,4-8H2,1-3H3,(H,17,18)/t10?,11-,12?,13-/m0/s1. The van der Waals surface area contributed by atoms with Gasteiger partial charge in [-0.25, -0.2) is 4.79 Å². The summed E-state index contributed by atoms with van der Waals surface area (Å²) in [4.78, 5) is 11.8. The van der Waals surface area contributed by atoms with E-state index in [-0.39, 0.29) is 18.1 Å². The van der Waals surface area contributed by atoms with Crippen LogP contribution < -0.4 is 5.32 Å². The second kappa shape index (κ2) is 5.40. The average Bonchev–Trinajstić information content (AvgIpc) is 2.69. The smallest absolute Gasteiger partial charge is 0.407 e. The number of carbonyl (C=O) groups excluding carboxylic acids is 1. The van der Waals surface area contributed by atoms with Crippen LogP contribution in [0.2, 0.25) is 0 Å². The lowest BCUT2D eigenvalue weighted by molar-refractivity contribution is 0.0480. The van der Waals surface area contributed by atoms with E-state index in [9.17, 15) is 4.79 Å². The van der Waals surface area contributed by atoms with Crippen LogP contribution in [0.1, 0.15) is 52.9 Å². The van der Waals surface area contributed by atoms with Crippen molar-refractivity contribution in [2.75, 3.05) is 0 Å². The molecular formula is C15H24N2O2. The molecule has 4 atom stereocenters. The number of amides is 1. The highest BCUT2D eigenvalue weighted by Gasteiger charge is 2.41. The van der Waals surface area contributed by atoms with Gasteiger partial charge < -0.3 is 10.1 Å². The molecule has 0 aromatic rings. The van der Waals surface area contributed by atoms with Crippen LogP contribution in [0.4, 0.5) is 4.79 Å². The molecule has 0 radical (unpaired) electrons. The van der Waals surface area contributed by atoms with Gasteiger partial charge in [0.25, 0.3) is 0 Å². The van der Waals surface area contributed by atoms with Crippen molar-refractivity contribution in [1.29, 1.82) is 5.26 Å². The van der Waals surface area contributed by atoms with Crippen molar-refractivity contribution in [3.63, 3.8) is 0 Å². The summed E-state index contributed by atoms with van der Waals surface area (Å²) in [5, 5.41) is 12.0. The first-order chi connectivity index (χ1) is 8.89. The van der Waals surface area contributed by atoms with Gasteiger partial charge in [-0.05, 0) is 64.7 Å². The molecule has 0 aliphatic heterocycles. The number of rotatable bonds is 1. The van der Waals surface area contributed by atoms with Crippen LogP contribution in [-0.4, -0.2) is 17.7 Å². The summed E-state index contributed by atoms with van der Waals surface area (Å²) in [6.45, 7) is 5.63. The van der Waals surface area contributed by atoms with Crippen LogP contribution >= 0.6 is 0 Å². The van der Waals surface area contributed by atoms with Gasteiger partial charge in [-0.1, -0.05) is 0 Å². The first-order valence-corrected chi connectivity index (χ1v) is 7.28. The molecule has 2 aliphatic rings. The van der Waals surface area contributed by atoms with E-state index in [1.165, 1.54) is 0 Å². The Morgan fingerprint density at radius 3 is 2.63 bits per heavy atom. The second-order valence-electron chi connectivity index (χ2n) is 6.89. The molecule has 2 unspecified atom stereocenters. The number of nitrogens with one attached hydrogen (secondary N) is 1. The third-order valence-corrected chi connectivity index (χ3v) is 4.29. The number of fused-ring (bicyclic) bond motifs is 1. The predicted molar refractivity (Wildman–Crippen MR) is 72.3 cm³/mol. The van der Waals surface area contributed by atoms with Crippen LogP contribution in [0, 0.1) is 29.1 Å². The van der Waals surface area contributed by atoms with Gasteiger partial charge in [-0.3, -0.25) is 0 Å². The topological polar surface area (TPSA) is 62.1 Å². The van der Waals surface area contributed by atoms with Crippen molar-refractivity contribution in [2.45, 2.75) is 64.5 Å². The monoisotopic (exact) mass is 264 g/mol. The van der Waals surface area contributed by atoms with Crippen molar-refractivity contribution in [1.82, 2.24) is 5.32 Å². The summed E-state index contributed by atoms with van der Waals surface area (Å²) in [7, 11) is 0. The SMILES string of the molecule is CC(C)(C)OC(=O)N[C@H]1CC[C@H]2CC(C#N)CCC21. The largest absolute Gasteiger partial charge is 0.444 e. The van der Waals surface area contributed by atoms with Crippen LogP contribution in [-0.2, 0) is 4.74 Å². The molecule has 0 bridgehead atoms. The minimum atomic E-state index is -0.444. The number of nitrogens with zero attached hydrogens (tertiary/aromatic N) is 1. The number of alkyl carbamates (subject to hydrolysis) is 1. The van der Waals surface area contributed by atoms with E-state index < -0.39 is 5.60 Å². The summed E-state index contributed by atoms with van der Waals surface area (Å²) in [5.74, 6) is 1.37. The van der Waals surface area contributed by atoms with Crippen molar-refractivity contribution >= 4 is 6.09 Å². The normalized spacial score (nSPS) is 34.2. The summed E-state index contributed by atoms with van der Waals surface area (Å²) < 4.78 is 5.32. The van der Waals surface area contributed by atoms with Gasteiger partial charge in [0.1, 0.15) is 5.60 Å². The molecule has 0 saturated heterocycles. The molecule has 106 valence electrons. The van der Waals surface area contributed by atoms with E-state index in [1.54, 1.807) is 0 Å². The molecule has 1 amide bonds. The molecule has 2 fully saturated rings. The van der Waals surface area contributed by atoms with Crippen molar-refractivity contribution in [2.24, 2.45) is 17.8 Å². The van der Waals surface area contributed by atoms with Gasteiger partial charge in [0, 0.05) is 12.0 Å². The summed E-state index contributed by atoms with van der Waals surface area (Å²) in [6, 6.07) is 2.63. The van der Waals surface area contributed by atoms with Crippen LogP contribution in [0.15, 0.2) is 0 Å². The zero-order chi connectivity index (χ0) is 14.0. The third kappa shape index (κ3) is 3.62. The number of nitriles is 1. The molecule has 19 heavy (non-hydrogen) atoms. The van der Waals surface area contributed by atoms with Gasteiger partial charge in [0.15, 0.2) is 0 Å². The first kappa shape index (κ1) is 14.2. The Kier molecular flexibility index (Phi) is 4.03. The van der Waals surface area contributed by atoms with E-state index in [4.69, 9.17) is 10.00 Å². The number of carbonyl (C=O) groups is 1. The van der Waals surface area contributed by atoms with Crippen LogP contribution in [0.25, 0.3) is 0 Å². The maximum atomic E-state index is 11.8. The number of hydrogen-bond donors (Lipinski definition) is 1. The minimum Gasteiger partial charge on any atom is -0.444 e. The molecule has 0 heterocycles. The van der Waals surface area contributed by atoms with E-state index in [0.717, 1.165) is 32.1 Å². The summed E-state index contributed by atoms with van der Waals surface area (Å²) in [6.07, 6.45) is 4.89. The van der Waals surface area contributed by atoms with Gasteiger partial charge >= 0.3 is 6.09 Å². The third-order valence-electron chi connectivity index (χ3n) is 4.29. The van der Waals surface area contributed by atoms with Crippen LogP contribution in [0.3, 0.4) is 0 Å². The number of ether oxygens (including phenoxy) is 1. The van der Waals surface area contributed by atoms with Gasteiger partial charge in [0.05, 0.1) is 6.07 Å². The Balaban J connectivity index is 1.87. The minimum absolute atomic E-state index is 0.224. The lowest BCUT2D eigenvalue weighted by atomic mass is 9.75. The fourth-order valence-electron chi connectivity index (χ4n) is 3.51. The Morgan fingerprint density at radius 2 is 2.00 bits per heavy atom. The molecule has 4 heteroatoms. The highest BCUT2D eigenvalue weighted by atomic mass is 16.6. The number of hydrogen-bond acceptors (Lipinski definition) is 3. The second-order valence-corrected chi connectivity index (χ2v) is 6.89. The molecule has 1 N–H and O–H groups in total. The van der Waals surface area contributed by atoms with E-state index in [1.807, 2.05) is 20.8 Å². The highest BCUT2D eigenvalue weighted by Crippen LogP contribution is 2.44. The van der Waals surface area contributed by atoms with Gasteiger partial charge in [-0.2, -0.15) is 5.26 Å². The molecule has 2 saturated carbocycles. The lowest BCUT2D eigenvalue weighted by Gasteiger charge is -2.32. The van der Waals surface area contributed by atoms with Crippen molar-refractivity contribution in [3.05, 3.63) is 0 Å². The first-order valence-electron chi connectivity index (χ1n) is 7.28. The van der Waals surface area contributed by atoms with Gasteiger partial charge in [-0.15, -0.1) is 0 Å². The average molecular weight is 264 g/mol. The zero-order valence-electron chi connectivity index (χ0n) is 12.1. The fraction of sp³-hybridized carbons (Fsp3) is 0.867. The van der Waals surface area contributed by atoms with E-state index >= 15 is 0 Å².